The van der Waals surface area contributed by atoms with Crippen LogP contribution in [-0.4, -0.2) is 62.1 Å². The highest BCUT2D eigenvalue weighted by Crippen LogP contribution is 2.22. The van der Waals surface area contributed by atoms with Crippen LogP contribution in [0.2, 0.25) is 0 Å². The Hall–Kier alpha value is -0.200. The summed E-state index contributed by atoms with van der Waals surface area (Å²) < 4.78 is 0. The molecule has 0 aromatic rings. The van der Waals surface area contributed by atoms with Crippen LogP contribution >= 0.6 is 0 Å². The third-order valence-corrected chi connectivity index (χ3v) is 3.12. The van der Waals surface area contributed by atoms with Gasteiger partial charge in [-0.3, -0.25) is 0 Å². The van der Waals surface area contributed by atoms with Gasteiger partial charge in [0.15, 0.2) is 0 Å². The molecule has 1 atom stereocenters. The minimum absolute atomic E-state index is 0.186. The average Bonchev–Trinajstić information content (AvgIpc) is 2.26. The molecule has 1 fully saturated rings. The molecule has 1 rings (SSSR count). The summed E-state index contributed by atoms with van der Waals surface area (Å²) in [5.74, 6) is 0. The highest BCUT2D eigenvalue weighted by molar-refractivity contribution is 4.77. The Bertz CT molecular complexity index is 218. The summed E-state index contributed by atoms with van der Waals surface area (Å²) in [6, 6.07) is 0.186. The van der Waals surface area contributed by atoms with E-state index in [1.165, 1.54) is 5.06 Å². The molecular formula is C13H30N4O. The van der Waals surface area contributed by atoms with Crippen LogP contribution in [0.3, 0.4) is 0 Å². The normalized spacial score (nSPS) is 26.3. The monoisotopic (exact) mass is 258 g/mol. The summed E-state index contributed by atoms with van der Waals surface area (Å²) in [6.07, 6.45) is 0.990. The third kappa shape index (κ3) is 7.28. The molecule has 4 N–H and O–H groups in total. The average molecular weight is 258 g/mol. The summed E-state index contributed by atoms with van der Waals surface area (Å²) in [7, 11) is 0. The van der Waals surface area contributed by atoms with Crippen molar-refractivity contribution in [3.63, 3.8) is 0 Å². The van der Waals surface area contributed by atoms with Crippen molar-refractivity contribution in [3.05, 3.63) is 0 Å². The van der Waals surface area contributed by atoms with Gasteiger partial charge in [-0.2, -0.15) is 5.06 Å². The van der Waals surface area contributed by atoms with Crippen molar-refractivity contribution in [1.82, 2.24) is 21.0 Å². The predicted molar refractivity (Wildman–Crippen MR) is 75.0 cm³/mol. The highest BCUT2D eigenvalue weighted by atomic mass is 16.5. The molecule has 1 heterocycles. The molecule has 0 aliphatic carbocycles. The first kappa shape index (κ1) is 15.9. The second-order valence-electron chi connectivity index (χ2n) is 6.29. The van der Waals surface area contributed by atoms with Crippen molar-refractivity contribution < 1.29 is 5.21 Å². The van der Waals surface area contributed by atoms with E-state index in [-0.39, 0.29) is 11.5 Å². The second-order valence-corrected chi connectivity index (χ2v) is 6.29. The van der Waals surface area contributed by atoms with E-state index in [1.807, 2.05) is 0 Å². The van der Waals surface area contributed by atoms with E-state index in [4.69, 9.17) is 0 Å². The minimum Gasteiger partial charge on any atom is -0.314 e. The second kappa shape index (κ2) is 8.07. The zero-order chi connectivity index (χ0) is 13.4. The van der Waals surface area contributed by atoms with Crippen LogP contribution in [0.15, 0.2) is 0 Å². The summed E-state index contributed by atoms with van der Waals surface area (Å²) in [5, 5.41) is 21.8. The van der Waals surface area contributed by atoms with Crippen LogP contribution in [-0.2, 0) is 0 Å². The molecule has 18 heavy (non-hydrogen) atoms. The van der Waals surface area contributed by atoms with E-state index >= 15 is 0 Å². The maximum Gasteiger partial charge on any atom is 0.0480 e. The van der Waals surface area contributed by atoms with Gasteiger partial charge >= 0.3 is 0 Å². The molecule has 1 saturated heterocycles. The molecule has 5 heteroatoms. The third-order valence-electron chi connectivity index (χ3n) is 3.12. The van der Waals surface area contributed by atoms with Crippen molar-refractivity contribution in [1.29, 1.82) is 0 Å². The zero-order valence-corrected chi connectivity index (χ0v) is 12.1. The van der Waals surface area contributed by atoms with E-state index in [1.54, 1.807) is 0 Å². The lowest BCUT2D eigenvalue weighted by Crippen LogP contribution is -2.47. The number of hydroxylamine groups is 2. The maximum atomic E-state index is 10.2. The van der Waals surface area contributed by atoms with Gasteiger partial charge < -0.3 is 21.2 Å². The molecule has 1 aliphatic rings. The molecular weight excluding hydrogens is 228 g/mol. The molecule has 0 spiro atoms. The van der Waals surface area contributed by atoms with E-state index in [0.29, 0.717) is 6.54 Å². The Balaban J connectivity index is 2.47. The number of rotatable bonds is 1. The summed E-state index contributed by atoms with van der Waals surface area (Å²) in [4.78, 5) is 0. The first-order chi connectivity index (χ1) is 8.49. The van der Waals surface area contributed by atoms with Gasteiger partial charge in [0.1, 0.15) is 0 Å². The Morgan fingerprint density at radius 2 is 1.56 bits per heavy atom. The smallest absolute Gasteiger partial charge is 0.0480 e. The topological polar surface area (TPSA) is 59.6 Å². The van der Waals surface area contributed by atoms with Gasteiger partial charge in [-0.15, -0.1) is 0 Å². The van der Waals surface area contributed by atoms with Crippen LogP contribution < -0.4 is 16.0 Å². The molecule has 0 amide bonds. The molecule has 0 bridgehead atoms. The van der Waals surface area contributed by atoms with Crippen LogP contribution in [0.4, 0.5) is 0 Å². The highest BCUT2D eigenvalue weighted by Gasteiger charge is 2.23. The van der Waals surface area contributed by atoms with E-state index in [2.05, 4.69) is 36.7 Å². The first-order valence-electron chi connectivity index (χ1n) is 7.07. The molecule has 5 nitrogen and oxygen atoms in total. The Morgan fingerprint density at radius 3 is 2.17 bits per heavy atom. The minimum atomic E-state index is 0.186. The number of hydrogen-bond donors (Lipinski definition) is 4. The first-order valence-corrected chi connectivity index (χ1v) is 7.07. The Labute approximate surface area is 111 Å². The van der Waals surface area contributed by atoms with Crippen LogP contribution in [0.5, 0.6) is 0 Å². The van der Waals surface area contributed by atoms with Gasteiger partial charge in [0.05, 0.1) is 0 Å². The summed E-state index contributed by atoms with van der Waals surface area (Å²) >= 11 is 0. The molecule has 0 aromatic heterocycles. The van der Waals surface area contributed by atoms with Gasteiger partial charge in [-0.1, -0.05) is 20.8 Å². The predicted octanol–water partition coefficient (Wildman–Crippen LogP) is 0.265. The van der Waals surface area contributed by atoms with Gasteiger partial charge in [-0.25, -0.2) is 0 Å². The van der Waals surface area contributed by atoms with E-state index in [9.17, 15) is 5.21 Å². The SMILES string of the molecule is CC(C)(C)CC1CNCCNCCNCCN1O. The van der Waals surface area contributed by atoms with Crippen molar-refractivity contribution in [3.8, 4) is 0 Å². The van der Waals surface area contributed by atoms with Crippen LogP contribution in [0.25, 0.3) is 0 Å². The summed E-state index contributed by atoms with van der Waals surface area (Å²) in [5.41, 5.74) is 0.232. The quantitative estimate of drug-likeness (QED) is 0.544. The fraction of sp³-hybridized carbons (Fsp3) is 1.00. The molecule has 1 aliphatic heterocycles. The Kier molecular flexibility index (Phi) is 7.11. The van der Waals surface area contributed by atoms with E-state index < -0.39 is 0 Å². The van der Waals surface area contributed by atoms with Crippen molar-refractivity contribution in [2.24, 2.45) is 5.41 Å². The van der Waals surface area contributed by atoms with Crippen molar-refractivity contribution >= 4 is 0 Å². The number of hydrogen-bond acceptors (Lipinski definition) is 5. The molecule has 0 saturated carbocycles. The number of nitrogens with one attached hydrogen (secondary N) is 3. The lowest BCUT2D eigenvalue weighted by atomic mass is 9.88. The standard InChI is InChI=1S/C13H30N4O/c1-13(2,3)10-12-11-16-7-6-14-4-5-15-8-9-17(12)18/h12,14-16,18H,4-11H2,1-3H3. The number of nitrogens with zero attached hydrogens (tertiary/aromatic N) is 1. The van der Waals surface area contributed by atoms with Gasteiger partial charge in [0, 0.05) is 51.9 Å². The fourth-order valence-corrected chi connectivity index (χ4v) is 2.24. The lowest BCUT2D eigenvalue weighted by molar-refractivity contribution is -0.132. The largest absolute Gasteiger partial charge is 0.314 e. The molecule has 108 valence electrons. The van der Waals surface area contributed by atoms with Crippen LogP contribution in [0.1, 0.15) is 27.2 Å². The lowest BCUT2D eigenvalue weighted by Gasteiger charge is -2.32. The molecule has 0 aromatic carbocycles. The summed E-state index contributed by atoms with van der Waals surface area (Å²) in [6.45, 7) is 12.9. The van der Waals surface area contributed by atoms with Crippen molar-refractivity contribution in [2.75, 3.05) is 45.8 Å². The van der Waals surface area contributed by atoms with Crippen LogP contribution in [0, 0.1) is 5.41 Å². The molecule has 1 unspecified atom stereocenters. The van der Waals surface area contributed by atoms with E-state index in [0.717, 1.165) is 45.7 Å². The van der Waals surface area contributed by atoms with Gasteiger partial charge in [-0.05, 0) is 11.8 Å². The van der Waals surface area contributed by atoms with Gasteiger partial charge in [0.2, 0.25) is 0 Å². The van der Waals surface area contributed by atoms with Gasteiger partial charge in [0.25, 0.3) is 0 Å². The maximum absolute atomic E-state index is 10.2. The van der Waals surface area contributed by atoms with Crippen molar-refractivity contribution in [2.45, 2.75) is 33.2 Å². The fourth-order valence-electron chi connectivity index (χ4n) is 2.24. The Morgan fingerprint density at radius 1 is 1.00 bits per heavy atom. The molecule has 0 radical (unpaired) electrons. The zero-order valence-electron chi connectivity index (χ0n) is 12.1.